The normalized spacial score (nSPS) is 15.7. The molecule has 0 aliphatic carbocycles. The van der Waals surface area contributed by atoms with Gasteiger partial charge in [-0.2, -0.15) is 0 Å². The number of benzene rings is 3. The summed E-state index contributed by atoms with van der Waals surface area (Å²) >= 11 is 4.97. The van der Waals surface area contributed by atoms with Crippen molar-refractivity contribution < 1.29 is 19.0 Å². The van der Waals surface area contributed by atoms with Gasteiger partial charge in [-0.1, -0.05) is 46.3 Å². The first kappa shape index (κ1) is 24.9. The highest BCUT2D eigenvalue weighted by atomic mass is 79.9. The van der Waals surface area contributed by atoms with Crippen LogP contribution in [0, 0.1) is 0 Å². The lowest BCUT2D eigenvalue weighted by Gasteiger charge is -2.13. The average Bonchev–Trinajstić information content (AvgIpc) is 3.18. The van der Waals surface area contributed by atoms with Gasteiger partial charge in [0.15, 0.2) is 16.7 Å². The molecule has 0 saturated carbocycles. The Labute approximate surface area is 217 Å². The summed E-state index contributed by atoms with van der Waals surface area (Å²) in [4.78, 5) is 20.0. The molecule has 0 unspecified atom stereocenters. The van der Waals surface area contributed by atoms with Gasteiger partial charge < -0.3 is 14.2 Å². The number of carbonyl (C=O) groups excluding carboxylic acids is 1. The van der Waals surface area contributed by atoms with E-state index in [-0.39, 0.29) is 5.91 Å². The van der Waals surface area contributed by atoms with Crippen molar-refractivity contribution in [3.8, 4) is 17.2 Å². The molecule has 1 aliphatic rings. The van der Waals surface area contributed by atoms with Crippen LogP contribution in [0.1, 0.15) is 18.1 Å². The molecule has 6 nitrogen and oxygen atoms in total. The average molecular weight is 553 g/mol. The Morgan fingerprint density at radius 3 is 2.40 bits per heavy atom. The third kappa shape index (κ3) is 5.89. The second-order valence-electron chi connectivity index (χ2n) is 7.55. The van der Waals surface area contributed by atoms with Gasteiger partial charge in [-0.15, -0.1) is 0 Å². The molecule has 0 radical (unpaired) electrons. The molecule has 0 spiro atoms. The number of thioether (sulfide) groups is 1. The maximum Gasteiger partial charge on any atom is 0.266 e. The molecule has 1 saturated heterocycles. The molecular weight excluding hydrogens is 528 g/mol. The minimum Gasteiger partial charge on any atom is -0.497 e. The van der Waals surface area contributed by atoms with Crippen LogP contribution in [-0.2, 0) is 11.4 Å². The highest BCUT2D eigenvalue weighted by molar-refractivity contribution is 9.10. The summed E-state index contributed by atoms with van der Waals surface area (Å²) in [5, 5.41) is 0.639. The number of carbonyl (C=O) groups is 1. The van der Waals surface area contributed by atoms with Crippen LogP contribution < -0.4 is 14.2 Å². The second kappa shape index (κ2) is 11.5. The zero-order valence-corrected chi connectivity index (χ0v) is 22.1. The van der Waals surface area contributed by atoms with E-state index in [2.05, 4.69) is 20.9 Å². The number of ether oxygens (including phenoxy) is 3. The lowest BCUT2D eigenvalue weighted by molar-refractivity contribution is -0.122. The second-order valence-corrected chi connectivity index (χ2v) is 9.41. The first-order valence-corrected chi connectivity index (χ1v) is 12.6. The fourth-order valence-electron chi connectivity index (χ4n) is 3.45. The van der Waals surface area contributed by atoms with Crippen molar-refractivity contribution in [1.29, 1.82) is 0 Å². The van der Waals surface area contributed by atoms with Crippen LogP contribution in [0.5, 0.6) is 17.2 Å². The SMILES string of the molecule is CCN1C(=O)/C(=C\c2cc(OC)c(OCc3ccccc3)cc2Br)SC1=Nc1ccc(OC)cc1. The van der Waals surface area contributed by atoms with Gasteiger partial charge in [-0.3, -0.25) is 9.69 Å². The van der Waals surface area contributed by atoms with Gasteiger partial charge in [0.1, 0.15) is 12.4 Å². The van der Waals surface area contributed by atoms with E-state index in [9.17, 15) is 4.79 Å². The first-order chi connectivity index (χ1) is 17.0. The monoisotopic (exact) mass is 552 g/mol. The summed E-state index contributed by atoms with van der Waals surface area (Å²) in [6.07, 6.45) is 1.85. The van der Waals surface area contributed by atoms with E-state index in [1.165, 1.54) is 11.8 Å². The molecule has 35 heavy (non-hydrogen) atoms. The highest BCUT2D eigenvalue weighted by Gasteiger charge is 2.32. The minimum atomic E-state index is -0.0833. The van der Waals surface area contributed by atoms with Crippen LogP contribution in [0.15, 0.2) is 81.1 Å². The van der Waals surface area contributed by atoms with Gasteiger partial charge in [0.2, 0.25) is 0 Å². The van der Waals surface area contributed by atoms with Crippen LogP contribution in [0.4, 0.5) is 5.69 Å². The van der Waals surface area contributed by atoms with Crippen molar-refractivity contribution in [2.45, 2.75) is 13.5 Å². The Kier molecular flexibility index (Phi) is 8.15. The molecule has 0 bridgehead atoms. The number of methoxy groups -OCH3 is 2. The predicted molar refractivity (Wildman–Crippen MR) is 145 cm³/mol. The Bertz CT molecular complexity index is 1260. The number of aliphatic imine (C=N–C) groups is 1. The molecule has 3 aromatic rings. The summed E-state index contributed by atoms with van der Waals surface area (Å²) in [6, 6.07) is 21.1. The fraction of sp³-hybridized carbons (Fsp3) is 0.185. The van der Waals surface area contributed by atoms with E-state index in [1.807, 2.05) is 79.7 Å². The standard InChI is InChI=1S/C27H25BrN2O4S/c1-4-30-26(31)25(35-27(30)29-20-10-12-21(32-2)13-11-20)15-19-14-23(33-3)24(16-22(19)28)34-17-18-8-6-5-7-9-18/h5-16H,4,17H2,1-3H3/b25-15+,29-27?. The number of amides is 1. The highest BCUT2D eigenvalue weighted by Crippen LogP contribution is 2.39. The van der Waals surface area contributed by atoms with Gasteiger partial charge in [-0.25, -0.2) is 4.99 Å². The molecule has 1 amide bonds. The molecule has 3 aromatic carbocycles. The van der Waals surface area contributed by atoms with Crippen LogP contribution in [0.25, 0.3) is 6.08 Å². The van der Waals surface area contributed by atoms with E-state index in [1.54, 1.807) is 19.1 Å². The smallest absolute Gasteiger partial charge is 0.266 e. The zero-order chi connectivity index (χ0) is 24.8. The third-order valence-corrected chi connectivity index (χ3v) is 7.00. The van der Waals surface area contributed by atoms with Crippen LogP contribution in [0.3, 0.4) is 0 Å². The summed E-state index contributed by atoms with van der Waals surface area (Å²) < 4.78 is 17.6. The topological polar surface area (TPSA) is 60.4 Å². The minimum absolute atomic E-state index is 0.0833. The van der Waals surface area contributed by atoms with Crippen LogP contribution in [0.2, 0.25) is 0 Å². The number of amidine groups is 1. The van der Waals surface area contributed by atoms with Crippen LogP contribution >= 0.6 is 27.7 Å². The Morgan fingerprint density at radius 2 is 1.74 bits per heavy atom. The lowest BCUT2D eigenvalue weighted by atomic mass is 10.1. The molecule has 180 valence electrons. The maximum absolute atomic E-state index is 13.1. The molecule has 0 aromatic heterocycles. The van der Waals surface area contributed by atoms with Gasteiger partial charge in [-0.05, 0) is 72.3 Å². The Balaban J connectivity index is 1.58. The number of rotatable bonds is 8. The molecule has 0 atom stereocenters. The maximum atomic E-state index is 13.1. The van der Waals surface area contributed by atoms with E-state index in [0.717, 1.165) is 27.0 Å². The predicted octanol–water partition coefficient (Wildman–Crippen LogP) is 6.67. The summed E-state index contributed by atoms with van der Waals surface area (Å²) in [5.41, 5.74) is 2.63. The molecule has 1 aliphatic heterocycles. The van der Waals surface area contributed by atoms with Crippen molar-refractivity contribution >= 4 is 50.5 Å². The van der Waals surface area contributed by atoms with Crippen molar-refractivity contribution in [3.05, 3.63) is 87.2 Å². The fourth-order valence-corrected chi connectivity index (χ4v) is 4.94. The summed E-state index contributed by atoms with van der Waals surface area (Å²) in [7, 11) is 3.22. The number of halogens is 1. The molecule has 0 N–H and O–H groups in total. The van der Waals surface area contributed by atoms with Gasteiger partial charge >= 0.3 is 0 Å². The number of hydrogen-bond acceptors (Lipinski definition) is 6. The van der Waals surface area contributed by atoms with Gasteiger partial charge in [0.25, 0.3) is 5.91 Å². The quantitative estimate of drug-likeness (QED) is 0.292. The van der Waals surface area contributed by atoms with Gasteiger partial charge in [0.05, 0.1) is 24.8 Å². The third-order valence-electron chi connectivity index (χ3n) is 5.31. The van der Waals surface area contributed by atoms with E-state index in [4.69, 9.17) is 14.2 Å². The van der Waals surface area contributed by atoms with Gasteiger partial charge in [0, 0.05) is 11.0 Å². The van der Waals surface area contributed by atoms with Crippen molar-refractivity contribution in [3.63, 3.8) is 0 Å². The summed E-state index contributed by atoms with van der Waals surface area (Å²) in [5.74, 6) is 1.88. The van der Waals surface area contributed by atoms with Crippen molar-refractivity contribution in [1.82, 2.24) is 4.90 Å². The molecule has 1 heterocycles. The number of hydrogen-bond donors (Lipinski definition) is 0. The van der Waals surface area contributed by atoms with E-state index < -0.39 is 0 Å². The molecule has 4 rings (SSSR count). The van der Waals surface area contributed by atoms with Crippen LogP contribution in [-0.4, -0.2) is 36.7 Å². The molecule has 8 heteroatoms. The lowest BCUT2D eigenvalue weighted by Crippen LogP contribution is -2.28. The number of nitrogens with zero attached hydrogens (tertiary/aromatic N) is 2. The molecule has 1 fully saturated rings. The van der Waals surface area contributed by atoms with E-state index >= 15 is 0 Å². The molecular formula is C27H25BrN2O4S. The van der Waals surface area contributed by atoms with Crippen molar-refractivity contribution in [2.75, 3.05) is 20.8 Å². The summed E-state index contributed by atoms with van der Waals surface area (Å²) in [6.45, 7) is 2.88. The first-order valence-electron chi connectivity index (χ1n) is 11.0. The largest absolute Gasteiger partial charge is 0.497 e. The Hall–Kier alpha value is -3.23. The van der Waals surface area contributed by atoms with Crippen molar-refractivity contribution in [2.24, 2.45) is 4.99 Å². The Morgan fingerprint density at radius 1 is 1.00 bits per heavy atom. The zero-order valence-electron chi connectivity index (χ0n) is 19.7. The van der Waals surface area contributed by atoms with E-state index in [0.29, 0.717) is 34.7 Å². The number of likely N-dealkylation sites (N-methyl/N-ethyl adjacent to an activating group) is 1.